The largest absolute Gasteiger partial charge is 0.476 e. The molecule has 23 heavy (non-hydrogen) atoms. The predicted octanol–water partition coefficient (Wildman–Crippen LogP) is 1.74. The first-order valence-corrected chi connectivity index (χ1v) is 7.65. The Hall–Kier alpha value is -2.75. The molecule has 1 aliphatic heterocycles. The molecule has 0 bridgehead atoms. The lowest BCUT2D eigenvalue weighted by molar-refractivity contribution is 0.214. The van der Waals surface area contributed by atoms with Crippen molar-refractivity contribution in [3.63, 3.8) is 0 Å². The molecule has 0 amide bonds. The molecule has 0 aliphatic carbocycles. The van der Waals surface area contributed by atoms with Crippen molar-refractivity contribution in [2.75, 3.05) is 24.6 Å². The summed E-state index contributed by atoms with van der Waals surface area (Å²) in [6.45, 7) is 4.23. The summed E-state index contributed by atoms with van der Waals surface area (Å²) in [5, 5.41) is 17.1. The maximum Gasteiger partial charge on any atom is 0.233 e. The molecule has 7 heteroatoms. The Balaban J connectivity index is 1.52. The number of piperidine rings is 1. The monoisotopic (exact) mass is 310 g/mol. The third kappa shape index (κ3) is 3.72. The first kappa shape index (κ1) is 15.2. The smallest absolute Gasteiger partial charge is 0.233 e. The van der Waals surface area contributed by atoms with E-state index < -0.39 is 0 Å². The molecular weight excluding hydrogens is 292 g/mol. The Morgan fingerprint density at radius 1 is 1.22 bits per heavy atom. The van der Waals surface area contributed by atoms with Crippen molar-refractivity contribution in [2.45, 2.75) is 19.8 Å². The second-order valence-electron chi connectivity index (χ2n) is 5.59. The Labute approximate surface area is 135 Å². The Morgan fingerprint density at radius 2 is 2.00 bits per heavy atom. The van der Waals surface area contributed by atoms with Crippen molar-refractivity contribution in [3.8, 4) is 11.9 Å². The minimum absolute atomic E-state index is 0.386. The van der Waals surface area contributed by atoms with Crippen LogP contribution in [0.3, 0.4) is 0 Å². The average Bonchev–Trinajstić information content (AvgIpc) is 2.62. The van der Waals surface area contributed by atoms with Crippen LogP contribution >= 0.6 is 0 Å². The Kier molecular flexibility index (Phi) is 4.62. The minimum atomic E-state index is 0.386. The molecule has 2 aromatic rings. The number of nitrogens with zero attached hydrogens (tertiary/aromatic N) is 6. The normalized spacial score (nSPS) is 15.2. The van der Waals surface area contributed by atoms with Crippen LogP contribution in [0, 0.1) is 24.2 Å². The quantitative estimate of drug-likeness (QED) is 0.850. The van der Waals surface area contributed by atoms with Crippen LogP contribution in [0.5, 0.6) is 5.88 Å². The average molecular weight is 310 g/mol. The van der Waals surface area contributed by atoms with Gasteiger partial charge in [-0.25, -0.2) is 9.97 Å². The second-order valence-corrected chi connectivity index (χ2v) is 5.59. The van der Waals surface area contributed by atoms with Crippen molar-refractivity contribution in [1.82, 2.24) is 20.2 Å². The number of aryl methyl sites for hydroxylation is 1. The van der Waals surface area contributed by atoms with E-state index in [4.69, 9.17) is 10.00 Å². The van der Waals surface area contributed by atoms with Gasteiger partial charge in [-0.1, -0.05) is 0 Å². The molecule has 0 N–H and O–H groups in total. The highest BCUT2D eigenvalue weighted by atomic mass is 16.5. The van der Waals surface area contributed by atoms with Crippen molar-refractivity contribution in [2.24, 2.45) is 5.92 Å². The molecule has 1 aliphatic rings. The molecule has 3 rings (SSSR count). The molecule has 0 unspecified atom stereocenters. The number of ether oxygens (including phenoxy) is 1. The maximum atomic E-state index is 9.12. The fourth-order valence-electron chi connectivity index (χ4n) is 2.62. The van der Waals surface area contributed by atoms with Crippen LogP contribution in [0.4, 0.5) is 5.82 Å². The van der Waals surface area contributed by atoms with Crippen LogP contribution in [0.15, 0.2) is 24.5 Å². The first-order chi connectivity index (χ1) is 11.3. The zero-order chi connectivity index (χ0) is 16.1. The van der Waals surface area contributed by atoms with E-state index in [1.54, 1.807) is 12.4 Å². The van der Waals surface area contributed by atoms with E-state index >= 15 is 0 Å². The molecule has 7 nitrogen and oxygen atoms in total. The van der Waals surface area contributed by atoms with Gasteiger partial charge in [0.2, 0.25) is 5.88 Å². The number of anilines is 1. The lowest BCUT2D eigenvalue weighted by Crippen LogP contribution is -2.36. The topological polar surface area (TPSA) is 87.8 Å². The van der Waals surface area contributed by atoms with Crippen LogP contribution in [-0.2, 0) is 0 Å². The third-order valence-corrected chi connectivity index (χ3v) is 3.94. The zero-order valence-electron chi connectivity index (χ0n) is 13.0. The van der Waals surface area contributed by atoms with Gasteiger partial charge in [0.1, 0.15) is 6.07 Å². The molecule has 118 valence electrons. The highest BCUT2D eigenvalue weighted by molar-refractivity contribution is 5.49. The van der Waals surface area contributed by atoms with Crippen LogP contribution in [0.1, 0.15) is 24.2 Å². The summed E-state index contributed by atoms with van der Waals surface area (Å²) in [5.74, 6) is 1.72. The van der Waals surface area contributed by atoms with Gasteiger partial charge in [0.15, 0.2) is 11.5 Å². The third-order valence-electron chi connectivity index (χ3n) is 3.94. The van der Waals surface area contributed by atoms with E-state index in [0.717, 1.165) is 31.6 Å². The van der Waals surface area contributed by atoms with Crippen molar-refractivity contribution in [3.05, 3.63) is 35.9 Å². The van der Waals surface area contributed by atoms with Gasteiger partial charge in [-0.3, -0.25) is 0 Å². The van der Waals surface area contributed by atoms with Gasteiger partial charge in [-0.05, 0) is 31.7 Å². The first-order valence-electron chi connectivity index (χ1n) is 7.65. The van der Waals surface area contributed by atoms with Crippen LogP contribution in [0.2, 0.25) is 0 Å². The molecule has 0 aromatic carbocycles. The maximum absolute atomic E-state index is 9.12. The summed E-state index contributed by atoms with van der Waals surface area (Å²) < 4.78 is 5.71. The number of nitriles is 1. The lowest BCUT2D eigenvalue weighted by Gasteiger charge is -2.32. The Bertz CT molecular complexity index is 688. The van der Waals surface area contributed by atoms with Crippen molar-refractivity contribution in [1.29, 1.82) is 5.26 Å². The van der Waals surface area contributed by atoms with E-state index in [1.165, 1.54) is 0 Å². The summed E-state index contributed by atoms with van der Waals surface area (Å²) in [7, 11) is 0. The van der Waals surface area contributed by atoms with Gasteiger partial charge in [0.05, 0.1) is 12.3 Å². The van der Waals surface area contributed by atoms with Crippen LogP contribution < -0.4 is 9.64 Å². The molecule has 1 fully saturated rings. The van der Waals surface area contributed by atoms with Gasteiger partial charge in [-0.2, -0.15) is 10.4 Å². The number of aromatic nitrogens is 4. The van der Waals surface area contributed by atoms with Gasteiger partial charge >= 0.3 is 0 Å². The molecule has 0 radical (unpaired) electrons. The molecule has 0 atom stereocenters. The molecule has 0 saturated carbocycles. The predicted molar refractivity (Wildman–Crippen MR) is 83.9 cm³/mol. The van der Waals surface area contributed by atoms with Gasteiger partial charge in [0.25, 0.3) is 0 Å². The van der Waals surface area contributed by atoms with E-state index in [2.05, 4.69) is 31.1 Å². The lowest BCUT2D eigenvalue weighted by atomic mass is 9.98. The highest BCUT2D eigenvalue weighted by Gasteiger charge is 2.23. The molecule has 1 saturated heterocycles. The van der Waals surface area contributed by atoms with E-state index in [-0.39, 0.29) is 0 Å². The Morgan fingerprint density at radius 3 is 2.70 bits per heavy atom. The van der Waals surface area contributed by atoms with Gasteiger partial charge in [0, 0.05) is 31.5 Å². The summed E-state index contributed by atoms with van der Waals surface area (Å²) in [6.07, 6.45) is 5.15. The summed E-state index contributed by atoms with van der Waals surface area (Å²) in [5.41, 5.74) is 1.26. The number of hydrogen-bond acceptors (Lipinski definition) is 7. The summed E-state index contributed by atoms with van der Waals surface area (Å²) >= 11 is 0. The zero-order valence-corrected chi connectivity index (χ0v) is 13.0. The molecule has 3 heterocycles. The van der Waals surface area contributed by atoms with Crippen molar-refractivity contribution < 1.29 is 4.74 Å². The van der Waals surface area contributed by atoms with E-state index in [0.29, 0.717) is 29.9 Å². The highest BCUT2D eigenvalue weighted by Crippen LogP contribution is 2.23. The van der Waals surface area contributed by atoms with Crippen LogP contribution in [-0.4, -0.2) is 39.9 Å². The van der Waals surface area contributed by atoms with Crippen molar-refractivity contribution >= 4 is 5.82 Å². The molecule has 2 aromatic heterocycles. The SMILES string of the molecule is Cc1ccc(OCC2CCN(c3nccnc3C#N)CC2)nn1. The van der Waals surface area contributed by atoms with E-state index in [9.17, 15) is 0 Å². The fourth-order valence-corrected chi connectivity index (χ4v) is 2.62. The fraction of sp³-hybridized carbons (Fsp3) is 0.438. The van der Waals surface area contributed by atoms with Crippen LogP contribution in [0.25, 0.3) is 0 Å². The van der Waals surface area contributed by atoms with Gasteiger partial charge in [-0.15, -0.1) is 5.10 Å². The molecule has 0 spiro atoms. The summed E-state index contributed by atoms with van der Waals surface area (Å²) in [4.78, 5) is 10.5. The molecular formula is C16H18N6O. The van der Waals surface area contributed by atoms with E-state index in [1.807, 2.05) is 19.1 Å². The van der Waals surface area contributed by atoms with Gasteiger partial charge < -0.3 is 9.64 Å². The minimum Gasteiger partial charge on any atom is -0.476 e. The second kappa shape index (κ2) is 7.01. The number of hydrogen-bond donors (Lipinski definition) is 0. The standard InChI is InChI=1S/C16H18N6O/c1-12-2-3-15(21-20-12)23-11-13-4-8-22(9-5-13)16-14(10-17)18-6-7-19-16/h2-3,6-7,13H,4-5,8-9,11H2,1H3. The summed E-state index contributed by atoms with van der Waals surface area (Å²) in [6, 6.07) is 5.83. The number of rotatable bonds is 4.